The highest BCUT2D eigenvalue weighted by Crippen LogP contribution is 2.62. The minimum Gasteiger partial charge on any atom is -0.468 e. The van der Waals surface area contributed by atoms with Crippen LogP contribution in [0.5, 0.6) is 0 Å². The number of hydrogen-bond acceptors (Lipinski definition) is 4. The van der Waals surface area contributed by atoms with Crippen LogP contribution in [0.4, 0.5) is 17.1 Å². The quantitative estimate of drug-likeness (QED) is 0.161. The van der Waals surface area contributed by atoms with Gasteiger partial charge in [-0.2, -0.15) is 0 Å². The maximum absolute atomic E-state index is 7.84. The van der Waals surface area contributed by atoms with Crippen LogP contribution < -0.4 is 15.5 Å². The molecule has 0 bridgehead atoms. The number of benzene rings is 4. The Balaban J connectivity index is 1.17. The van der Waals surface area contributed by atoms with E-state index in [-0.39, 0.29) is 50.7 Å². The molecule has 0 spiro atoms. The number of nitrogens with zero attached hydrogens (tertiary/aromatic N) is 2. The van der Waals surface area contributed by atoms with E-state index in [9.17, 15) is 0 Å². The summed E-state index contributed by atoms with van der Waals surface area (Å²) in [7, 11) is 0. The van der Waals surface area contributed by atoms with Gasteiger partial charge in [0.15, 0.2) is 0 Å². The molecule has 4 aromatic carbocycles. The third kappa shape index (κ3) is 6.51. The van der Waals surface area contributed by atoms with Crippen LogP contribution in [0.15, 0.2) is 123 Å². The summed E-state index contributed by atoms with van der Waals surface area (Å²) in [6, 6.07) is 29.1. The summed E-state index contributed by atoms with van der Waals surface area (Å²) < 4.78 is 10.5. The van der Waals surface area contributed by atoms with Crippen LogP contribution in [0.3, 0.4) is 0 Å². The van der Waals surface area contributed by atoms with Gasteiger partial charge in [0.2, 0.25) is 0 Å². The molecule has 4 heterocycles. The second-order valence-electron chi connectivity index (χ2n) is 28.5. The second kappa shape index (κ2) is 14.5. The summed E-state index contributed by atoms with van der Waals surface area (Å²) in [6.45, 7) is 37.4. The summed E-state index contributed by atoms with van der Waals surface area (Å²) in [5, 5.41) is 3.97. The summed E-state index contributed by atoms with van der Waals surface area (Å²) in [5.74, 6) is 0.449. The minimum atomic E-state index is -0.0477. The smallest absolute Gasteiger partial charge is 0.292 e. The number of furan rings is 1. The molecule has 2 atom stereocenters. The Kier molecular flexibility index (Phi) is 9.42. The predicted molar refractivity (Wildman–Crippen MR) is 306 cm³/mol. The fourth-order valence-electron chi connectivity index (χ4n) is 15.2. The van der Waals surface area contributed by atoms with Crippen molar-refractivity contribution in [2.45, 2.75) is 183 Å². The van der Waals surface area contributed by atoms with Gasteiger partial charge in [-0.15, -0.1) is 11.3 Å². The normalized spacial score (nSPS) is 25.3. The van der Waals surface area contributed by atoms with Gasteiger partial charge >= 0.3 is 0 Å². The van der Waals surface area contributed by atoms with E-state index in [1.807, 2.05) is 11.3 Å². The molecule has 13 rings (SSSR count). The monoisotopic (exact) mass is 957 g/mol. The number of allylic oxidation sites excluding steroid dienone is 5. The van der Waals surface area contributed by atoms with Crippen molar-refractivity contribution in [3.63, 3.8) is 0 Å². The van der Waals surface area contributed by atoms with Gasteiger partial charge in [0.05, 0.1) is 27.8 Å². The maximum atomic E-state index is 7.84. The van der Waals surface area contributed by atoms with Gasteiger partial charge in [0.1, 0.15) is 5.58 Å². The Morgan fingerprint density at radius 3 is 1.96 bits per heavy atom. The highest BCUT2D eigenvalue weighted by Gasteiger charge is 2.56. The molecule has 0 saturated heterocycles. The van der Waals surface area contributed by atoms with E-state index in [1.54, 1.807) is 5.57 Å². The Bertz CT molecular complexity index is 3450. The molecule has 5 heteroatoms. The summed E-state index contributed by atoms with van der Waals surface area (Å²) in [5.41, 5.74) is 21.7. The Morgan fingerprint density at radius 1 is 0.620 bits per heavy atom. The van der Waals surface area contributed by atoms with E-state index in [0.29, 0.717) is 5.92 Å². The number of thiophene rings is 1. The van der Waals surface area contributed by atoms with Gasteiger partial charge in [-0.25, -0.2) is 0 Å². The molecule has 7 aliphatic rings. The largest absolute Gasteiger partial charge is 0.468 e. The molecule has 2 aliphatic heterocycles. The van der Waals surface area contributed by atoms with E-state index < -0.39 is 0 Å². The van der Waals surface area contributed by atoms with Crippen LogP contribution in [0.25, 0.3) is 31.1 Å². The standard InChI is InChI=1S/C66H77BN2OS/c1-60(2,3)38-31-52-56-53(32-38)69(50-21-18-20-41-40-19-16-17-22-55(40)71-58(41)50)57-42-34-45-48(66(14,15)30-27-63(45,8)9)37-54(42)70-59(57)67(56)49-35-46-47(65(12,13)29-28-64(46,10)11)36-51(49)68(52)39-23-24-43-44(33-39)62(6,7)26-25-61(43,4)5/h16-24,31,33-35,37,47,53H,25-30,32,36H2,1-15H3. The lowest BCUT2D eigenvalue weighted by atomic mass is 9.31. The van der Waals surface area contributed by atoms with E-state index in [0.717, 1.165) is 24.1 Å². The van der Waals surface area contributed by atoms with Crippen molar-refractivity contribution in [1.82, 2.24) is 0 Å². The van der Waals surface area contributed by atoms with Crippen LogP contribution in [0.2, 0.25) is 0 Å². The number of rotatable bonds is 2. The first kappa shape index (κ1) is 46.1. The van der Waals surface area contributed by atoms with Gasteiger partial charge in [-0.3, -0.25) is 0 Å². The van der Waals surface area contributed by atoms with Gasteiger partial charge < -0.3 is 14.2 Å². The van der Waals surface area contributed by atoms with Gasteiger partial charge in [-0.05, 0) is 171 Å². The summed E-state index contributed by atoms with van der Waals surface area (Å²) in [4.78, 5) is 5.67. The van der Waals surface area contributed by atoms with Crippen molar-refractivity contribution in [3.05, 3.63) is 141 Å². The van der Waals surface area contributed by atoms with Crippen LogP contribution >= 0.6 is 11.3 Å². The van der Waals surface area contributed by atoms with Crippen molar-refractivity contribution in [3.8, 4) is 0 Å². The Labute approximate surface area is 429 Å². The topological polar surface area (TPSA) is 19.6 Å². The highest BCUT2D eigenvalue weighted by molar-refractivity contribution is 7.26. The van der Waals surface area contributed by atoms with Gasteiger partial charge in [-0.1, -0.05) is 157 Å². The zero-order valence-electron chi connectivity index (χ0n) is 45.7. The highest BCUT2D eigenvalue weighted by atomic mass is 32.1. The average molecular weight is 957 g/mol. The van der Waals surface area contributed by atoms with Crippen LogP contribution in [0.1, 0.15) is 177 Å². The van der Waals surface area contributed by atoms with Gasteiger partial charge in [0.25, 0.3) is 6.71 Å². The van der Waals surface area contributed by atoms with Crippen LogP contribution in [-0.4, -0.2) is 12.8 Å². The third-order valence-corrected chi connectivity index (χ3v) is 21.4. The maximum Gasteiger partial charge on any atom is 0.292 e. The zero-order chi connectivity index (χ0) is 49.9. The molecular formula is C66H77BN2OS. The average Bonchev–Trinajstić information content (AvgIpc) is 3.88. The van der Waals surface area contributed by atoms with Crippen molar-refractivity contribution in [2.24, 2.45) is 22.2 Å². The Hall–Kier alpha value is -4.74. The Morgan fingerprint density at radius 2 is 1.25 bits per heavy atom. The zero-order valence-corrected chi connectivity index (χ0v) is 46.5. The predicted octanol–water partition coefficient (Wildman–Crippen LogP) is 18.0. The molecule has 2 aromatic heterocycles. The van der Waals surface area contributed by atoms with Gasteiger partial charge in [0, 0.05) is 37.9 Å². The molecule has 2 unspecified atom stereocenters. The molecule has 3 nitrogen and oxygen atoms in total. The van der Waals surface area contributed by atoms with Crippen molar-refractivity contribution >= 4 is 71.9 Å². The van der Waals surface area contributed by atoms with E-state index >= 15 is 0 Å². The van der Waals surface area contributed by atoms with E-state index in [4.69, 9.17) is 4.42 Å². The molecule has 0 radical (unpaired) electrons. The first-order valence-electron chi connectivity index (χ1n) is 27.4. The molecular weight excluding hydrogens is 880 g/mol. The summed E-state index contributed by atoms with van der Waals surface area (Å²) >= 11 is 1.96. The fraction of sp³-hybridized carbons (Fsp3) is 0.485. The lowest BCUT2D eigenvalue weighted by molar-refractivity contribution is 0.121. The fourth-order valence-corrected chi connectivity index (χ4v) is 16.4. The number of hydrogen-bond donors (Lipinski definition) is 0. The minimum absolute atomic E-state index is 0.0142. The SMILES string of the molecule is CC(C)(C)C1=CC2=C3B(C4=C(CC5C(=C4)C(C)(C)CCC5(C)C)N2c2ccc4c(c2)C(C)(C)CCC4(C)C)c2oc4cc5c(cc4c2N(c2cccc4c2sc2ccccc24)C3C1)C(C)(C)CCC5(C)C. The molecule has 0 amide bonds. The molecule has 0 N–H and O–H groups in total. The van der Waals surface area contributed by atoms with Crippen molar-refractivity contribution in [1.29, 1.82) is 0 Å². The molecule has 1 saturated carbocycles. The van der Waals surface area contributed by atoms with Crippen molar-refractivity contribution in [2.75, 3.05) is 9.80 Å². The lowest BCUT2D eigenvalue weighted by Gasteiger charge is -2.55. The lowest BCUT2D eigenvalue weighted by Crippen LogP contribution is -2.58. The first-order valence-corrected chi connectivity index (χ1v) is 28.3. The second-order valence-corrected chi connectivity index (χ2v) is 29.5. The first-order chi connectivity index (χ1) is 33.3. The van der Waals surface area contributed by atoms with E-state index in [1.165, 1.54) is 131 Å². The number of anilines is 3. The summed E-state index contributed by atoms with van der Waals surface area (Å²) in [6.07, 6.45) is 14.6. The van der Waals surface area contributed by atoms with Crippen LogP contribution in [-0.2, 0) is 21.7 Å². The van der Waals surface area contributed by atoms with Crippen LogP contribution in [0, 0.1) is 22.2 Å². The molecule has 1 fully saturated rings. The molecule has 6 aromatic rings. The van der Waals surface area contributed by atoms with Crippen molar-refractivity contribution < 1.29 is 4.42 Å². The molecule has 366 valence electrons. The molecule has 5 aliphatic carbocycles. The molecule has 71 heavy (non-hydrogen) atoms. The van der Waals surface area contributed by atoms with E-state index in [2.05, 4.69) is 199 Å². The third-order valence-electron chi connectivity index (χ3n) is 20.2. The number of fused-ring (bicyclic) bond motifs is 11.